The second kappa shape index (κ2) is 10.7. The Morgan fingerprint density at radius 2 is 1.92 bits per heavy atom. The van der Waals surface area contributed by atoms with Crippen LogP contribution in [0.3, 0.4) is 0 Å². The monoisotopic (exact) mass is 511 g/mol. The number of carbonyl (C=O) groups is 1. The third-order valence-electron chi connectivity index (χ3n) is 6.42. The van der Waals surface area contributed by atoms with Crippen molar-refractivity contribution in [3.63, 3.8) is 0 Å². The minimum absolute atomic E-state index is 0.0820. The molecule has 0 saturated carbocycles. The van der Waals surface area contributed by atoms with E-state index < -0.39 is 6.03 Å². The molecule has 1 unspecified atom stereocenters. The van der Waals surface area contributed by atoms with Gasteiger partial charge in [-0.05, 0) is 61.4 Å². The zero-order valence-electron chi connectivity index (χ0n) is 21.5. The molecule has 1 fully saturated rings. The van der Waals surface area contributed by atoms with Crippen molar-refractivity contribution in [3.05, 3.63) is 60.2 Å². The summed E-state index contributed by atoms with van der Waals surface area (Å²) < 4.78 is 10.8. The summed E-state index contributed by atoms with van der Waals surface area (Å²) in [6.45, 7) is 3.33. The molecule has 5 rings (SSSR count). The molecule has 10 heteroatoms. The van der Waals surface area contributed by atoms with Gasteiger partial charge in [0.15, 0.2) is 17.3 Å². The van der Waals surface area contributed by atoms with Gasteiger partial charge >= 0.3 is 6.03 Å². The third kappa shape index (κ3) is 5.34. The fourth-order valence-electron chi connectivity index (χ4n) is 4.55. The zero-order chi connectivity index (χ0) is 26.6. The van der Waals surface area contributed by atoms with Crippen LogP contribution in [0.2, 0.25) is 0 Å². The Balaban J connectivity index is 1.36. The largest absolute Gasteiger partial charge is 0.493 e. The lowest BCUT2D eigenvalue weighted by molar-refractivity contribution is 0.259. The molecular weight excluding hydrogens is 482 g/mol. The minimum atomic E-state index is -0.396. The average molecular weight is 512 g/mol. The van der Waals surface area contributed by atoms with E-state index in [1.165, 1.54) is 0 Å². The van der Waals surface area contributed by atoms with E-state index in [1.807, 2.05) is 61.5 Å². The Hall–Kier alpha value is -4.73. The first-order chi connectivity index (χ1) is 18.4. The molecule has 2 amide bonds. The molecule has 1 aliphatic heterocycles. The predicted molar refractivity (Wildman–Crippen MR) is 149 cm³/mol. The molecule has 38 heavy (non-hydrogen) atoms. The molecule has 2 aromatic carbocycles. The second-order valence-electron chi connectivity index (χ2n) is 9.11. The normalized spacial score (nSPS) is 15.2. The molecule has 10 nitrogen and oxygen atoms in total. The molecule has 1 atom stereocenters. The van der Waals surface area contributed by atoms with Gasteiger partial charge in [-0.2, -0.15) is 4.98 Å². The molecule has 194 valence electrons. The van der Waals surface area contributed by atoms with E-state index in [0.717, 1.165) is 35.5 Å². The SMILES string of the molecule is COc1ccc(-c2ccc3nc(N)nc(N4CCC(C=NC(=O)Nc5cccc(C)c5)C4)c3n2)cc1OC. The van der Waals surface area contributed by atoms with E-state index in [4.69, 9.17) is 20.2 Å². The summed E-state index contributed by atoms with van der Waals surface area (Å²) in [5.41, 5.74) is 10.8. The zero-order valence-corrected chi connectivity index (χ0v) is 21.5. The minimum Gasteiger partial charge on any atom is -0.493 e. The summed E-state index contributed by atoms with van der Waals surface area (Å²) in [6.07, 6.45) is 2.53. The standard InChI is InChI=1S/C28H29N7O3/c1-17-5-4-6-20(13-17)31-28(36)30-15-18-11-12-35(16-18)26-25-22(33-27(29)34-26)9-8-21(32-25)19-7-10-23(37-2)24(14-19)38-3/h4-10,13-15,18H,11-12,16H2,1-3H3,(H,31,36)(H2,29,33,34). The van der Waals surface area contributed by atoms with Crippen LogP contribution in [0.5, 0.6) is 11.5 Å². The number of anilines is 3. The summed E-state index contributed by atoms with van der Waals surface area (Å²) >= 11 is 0. The van der Waals surface area contributed by atoms with Crippen molar-refractivity contribution in [1.82, 2.24) is 15.0 Å². The maximum atomic E-state index is 12.3. The number of nitrogens with two attached hydrogens (primary N) is 1. The van der Waals surface area contributed by atoms with Crippen molar-refractivity contribution in [1.29, 1.82) is 0 Å². The van der Waals surface area contributed by atoms with Gasteiger partial charge in [0.05, 0.1) is 25.4 Å². The quantitative estimate of drug-likeness (QED) is 0.356. The number of nitrogen functional groups attached to an aromatic ring is 1. The van der Waals surface area contributed by atoms with E-state index in [9.17, 15) is 4.79 Å². The molecular formula is C28H29N7O3. The van der Waals surface area contributed by atoms with Crippen molar-refractivity contribution in [2.45, 2.75) is 13.3 Å². The maximum absolute atomic E-state index is 12.3. The van der Waals surface area contributed by atoms with E-state index in [-0.39, 0.29) is 11.9 Å². The Kier molecular flexibility index (Phi) is 7.03. The molecule has 0 spiro atoms. The number of rotatable bonds is 6. The smallest absolute Gasteiger partial charge is 0.345 e. The van der Waals surface area contributed by atoms with E-state index >= 15 is 0 Å². The van der Waals surface area contributed by atoms with Crippen molar-refractivity contribution >= 4 is 40.7 Å². The van der Waals surface area contributed by atoms with Gasteiger partial charge in [-0.25, -0.2) is 19.8 Å². The summed E-state index contributed by atoms with van der Waals surface area (Å²) in [5, 5.41) is 2.80. The number of hydrogen-bond donors (Lipinski definition) is 2. The van der Waals surface area contributed by atoms with Gasteiger partial charge in [0.2, 0.25) is 5.95 Å². The highest BCUT2D eigenvalue weighted by molar-refractivity contribution is 5.95. The number of hydrogen-bond acceptors (Lipinski definition) is 8. The molecule has 1 aliphatic rings. The first-order valence-electron chi connectivity index (χ1n) is 12.3. The molecule has 2 aromatic heterocycles. The molecule has 4 aromatic rings. The van der Waals surface area contributed by atoms with Crippen LogP contribution in [-0.4, -0.2) is 54.5 Å². The van der Waals surface area contributed by atoms with Crippen LogP contribution in [0, 0.1) is 12.8 Å². The number of aliphatic imine (C=N–C) groups is 1. The van der Waals surface area contributed by atoms with Gasteiger partial charge in [0.25, 0.3) is 0 Å². The van der Waals surface area contributed by atoms with Gasteiger partial charge in [-0.1, -0.05) is 12.1 Å². The number of urea groups is 1. The average Bonchev–Trinajstić information content (AvgIpc) is 3.40. The number of methoxy groups -OCH3 is 2. The van der Waals surface area contributed by atoms with Crippen LogP contribution >= 0.6 is 0 Å². The predicted octanol–water partition coefficient (Wildman–Crippen LogP) is 4.73. The molecule has 3 heterocycles. The number of aryl methyl sites for hydroxylation is 1. The number of ether oxygens (including phenoxy) is 2. The molecule has 3 N–H and O–H groups in total. The summed E-state index contributed by atoms with van der Waals surface area (Å²) in [4.78, 5) is 32.4. The lowest BCUT2D eigenvalue weighted by Gasteiger charge is -2.19. The fraction of sp³-hybridized carbons (Fsp3) is 0.250. The lowest BCUT2D eigenvalue weighted by Crippen LogP contribution is -2.22. The van der Waals surface area contributed by atoms with Gasteiger partial charge in [-0.15, -0.1) is 0 Å². The third-order valence-corrected chi connectivity index (χ3v) is 6.42. The number of amides is 2. The number of nitrogens with zero attached hydrogens (tertiary/aromatic N) is 5. The Morgan fingerprint density at radius 3 is 2.71 bits per heavy atom. The van der Waals surface area contributed by atoms with Gasteiger partial charge < -0.3 is 25.4 Å². The van der Waals surface area contributed by atoms with E-state index in [2.05, 4.69) is 25.2 Å². The van der Waals surface area contributed by atoms with Gasteiger partial charge in [0, 0.05) is 36.5 Å². The van der Waals surface area contributed by atoms with Crippen molar-refractivity contribution in [2.75, 3.05) is 43.3 Å². The molecule has 0 radical (unpaired) electrons. The van der Waals surface area contributed by atoms with Crippen molar-refractivity contribution in [3.8, 4) is 22.8 Å². The molecule has 1 saturated heterocycles. The second-order valence-corrected chi connectivity index (χ2v) is 9.11. The fourth-order valence-corrected chi connectivity index (χ4v) is 4.55. The lowest BCUT2D eigenvalue weighted by atomic mass is 10.1. The molecule has 0 aliphatic carbocycles. The van der Waals surface area contributed by atoms with Crippen LogP contribution in [0.4, 0.5) is 22.2 Å². The Morgan fingerprint density at radius 1 is 1.08 bits per heavy atom. The summed E-state index contributed by atoms with van der Waals surface area (Å²) in [6, 6.07) is 16.7. The number of nitrogens with one attached hydrogen (secondary N) is 1. The topological polar surface area (TPSA) is 128 Å². The van der Waals surface area contributed by atoms with E-state index in [1.54, 1.807) is 20.4 Å². The maximum Gasteiger partial charge on any atom is 0.345 e. The van der Waals surface area contributed by atoms with Crippen molar-refractivity contribution < 1.29 is 14.3 Å². The van der Waals surface area contributed by atoms with Crippen LogP contribution in [0.1, 0.15) is 12.0 Å². The van der Waals surface area contributed by atoms with Crippen LogP contribution < -0.4 is 25.4 Å². The van der Waals surface area contributed by atoms with Crippen LogP contribution in [-0.2, 0) is 0 Å². The van der Waals surface area contributed by atoms with Gasteiger partial charge in [0.1, 0.15) is 5.52 Å². The first kappa shape index (κ1) is 24.9. The Labute approximate surface area is 220 Å². The van der Waals surface area contributed by atoms with E-state index in [0.29, 0.717) is 34.9 Å². The highest BCUT2D eigenvalue weighted by atomic mass is 16.5. The summed E-state index contributed by atoms with van der Waals surface area (Å²) in [7, 11) is 3.20. The number of carbonyl (C=O) groups excluding carboxylic acids is 1. The Bertz CT molecular complexity index is 1520. The van der Waals surface area contributed by atoms with Crippen LogP contribution in [0.15, 0.2) is 59.6 Å². The number of benzene rings is 2. The highest BCUT2D eigenvalue weighted by Crippen LogP contribution is 2.34. The van der Waals surface area contributed by atoms with Gasteiger partial charge in [-0.3, -0.25) is 0 Å². The number of aromatic nitrogens is 3. The number of fused-ring (bicyclic) bond motifs is 1. The van der Waals surface area contributed by atoms with Crippen molar-refractivity contribution in [2.24, 2.45) is 10.9 Å². The first-order valence-corrected chi connectivity index (χ1v) is 12.3. The molecule has 0 bridgehead atoms. The van der Waals surface area contributed by atoms with Crippen LogP contribution in [0.25, 0.3) is 22.3 Å². The summed E-state index contributed by atoms with van der Waals surface area (Å²) in [5.74, 6) is 2.19. The number of pyridine rings is 1. The highest BCUT2D eigenvalue weighted by Gasteiger charge is 2.25.